The largest absolute Gasteiger partial charge is 0.337 e. The molecule has 2 aromatic rings. The first-order valence-electron chi connectivity index (χ1n) is 5.90. The Morgan fingerprint density at radius 1 is 1.10 bits per heavy atom. The molecule has 0 amide bonds. The van der Waals surface area contributed by atoms with Crippen molar-refractivity contribution >= 4 is 58.1 Å². The van der Waals surface area contributed by atoms with Crippen LogP contribution in [0.1, 0.15) is 12.1 Å². The Balaban J connectivity index is 2.04. The van der Waals surface area contributed by atoms with Gasteiger partial charge in [-0.2, -0.15) is 4.98 Å². The Kier molecular flexibility index (Phi) is 4.21. The van der Waals surface area contributed by atoms with Gasteiger partial charge in [0.1, 0.15) is 5.82 Å². The van der Waals surface area contributed by atoms with E-state index in [1.165, 1.54) is 12.4 Å². The van der Waals surface area contributed by atoms with Crippen molar-refractivity contribution in [2.45, 2.75) is 17.7 Å². The van der Waals surface area contributed by atoms with Gasteiger partial charge in [0.05, 0.1) is 26.3 Å². The lowest BCUT2D eigenvalue weighted by atomic mass is 10.2. The average molecular weight is 348 g/mol. The van der Waals surface area contributed by atoms with Crippen LogP contribution < -0.4 is 5.32 Å². The van der Waals surface area contributed by atoms with Crippen LogP contribution in [0.2, 0.25) is 15.3 Å². The number of halogens is 3. The molecule has 4 nitrogen and oxygen atoms in total. The van der Waals surface area contributed by atoms with Crippen molar-refractivity contribution in [1.82, 2.24) is 15.0 Å². The lowest BCUT2D eigenvalue weighted by Gasteiger charge is -2.18. The van der Waals surface area contributed by atoms with Gasteiger partial charge < -0.3 is 5.32 Å². The molecule has 0 aliphatic carbocycles. The Bertz CT molecular complexity index is 645. The van der Waals surface area contributed by atoms with Crippen molar-refractivity contribution in [2.75, 3.05) is 11.1 Å². The van der Waals surface area contributed by atoms with Crippen molar-refractivity contribution in [3.63, 3.8) is 0 Å². The van der Waals surface area contributed by atoms with Crippen LogP contribution in [0.15, 0.2) is 17.3 Å². The Morgan fingerprint density at radius 3 is 2.60 bits per heavy atom. The monoisotopic (exact) mass is 346 g/mol. The summed E-state index contributed by atoms with van der Waals surface area (Å²) in [7, 11) is 0. The molecule has 3 rings (SSSR count). The van der Waals surface area contributed by atoms with E-state index in [4.69, 9.17) is 34.8 Å². The van der Waals surface area contributed by atoms with Crippen molar-refractivity contribution in [3.05, 3.63) is 33.4 Å². The van der Waals surface area contributed by atoms with E-state index in [9.17, 15) is 0 Å². The fourth-order valence-corrected chi connectivity index (χ4v) is 3.62. The molecule has 1 aliphatic rings. The molecule has 0 spiro atoms. The predicted molar refractivity (Wildman–Crippen MR) is 83.6 cm³/mol. The Hall–Kier alpha value is -0.750. The van der Waals surface area contributed by atoms with Gasteiger partial charge in [-0.3, -0.25) is 4.98 Å². The molecule has 0 radical (unpaired) electrons. The molecule has 104 valence electrons. The van der Waals surface area contributed by atoms with Gasteiger partial charge in [0.2, 0.25) is 5.28 Å². The van der Waals surface area contributed by atoms with Crippen LogP contribution in [0.5, 0.6) is 0 Å². The molecule has 3 heterocycles. The minimum absolute atomic E-state index is 0.218. The maximum Gasteiger partial charge on any atom is 0.224 e. The van der Waals surface area contributed by atoms with E-state index in [1.54, 1.807) is 11.8 Å². The summed E-state index contributed by atoms with van der Waals surface area (Å²) in [6.45, 7) is 0. The van der Waals surface area contributed by atoms with E-state index in [2.05, 4.69) is 20.3 Å². The fraction of sp³-hybridized carbons (Fsp3) is 0.250. The first-order chi connectivity index (χ1) is 9.65. The normalized spacial score (nSPS) is 13.9. The summed E-state index contributed by atoms with van der Waals surface area (Å²) in [5.74, 6) is 1.67. The van der Waals surface area contributed by atoms with Crippen molar-refractivity contribution in [1.29, 1.82) is 0 Å². The van der Waals surface area contributed by atoms with Crippen molar-refractivity contribution < 1.29 is 0 Å². The molecule has 8 heteroatoms. The summed E-state index contributed by atoms with van der Waals surface area (Å²) in [6.07, 6.45) is 5.04. The number of thioether (sulfide) groups is 1. The third kappa shape index (κ3) is 2.81. The molecule has 0 bridgehead atoms. The molecule has 0 saturated heterocycles. The summed E-state index contributed by atoms with van der Waals surface area (Å²) < 4.78 is 0. The van der Waals surface area contributed by atoms with Crippen LogP contribution in [-0.4, -0.2) is 20.7 Å². The molecule has 0 atom stereocenters. The van der Waals surface area contributed by atoms with Gasteiger partial charge in [-0.05, 0) is 30.2 Å². The zero-order valence-electron chi connectivity index (χ0n) is 10.2. The van der Waals surface area contributed by atoms with Gasteiger partial charge in [-0.25, -0.2) is 4.98 Å². The molecule has 1 aliphatic heterocycles. The maximum atomic E-state index is 6.11. The number of nitrogens with zero attached hydrogens (tertiary/aromatic N) is 3. The third-order valence-corrected chi connectivity index (χ3v) is 4.76. The quantitative estimate of drug-likeness (QED) is 0.804. The predicted octanol–water partition coefficient (Wildman–Crippen LogP) is 4.61. The first kappa shape index (κ1) is 14.2. The number of nitrogens with one attached hydrogen (secondary N) is 1. The molecule has 1 N–H and O–H groups in total. The van der Waals surface area contributed by atoms with Gasteiger partial charge in [0.15, 0.2) is 0 Å². The van der Waals surface area contributed by atoms with Gasteiger partial charge >= 0.3 is 0 Å². The highest BCUT2D eigenvalue weighted by Gasteiger charge is 2.19. The SMILES string of the molecule is Clc1nc2c(c(Nc3c(Cl)cncc3Cl)n1)SCCC2. The molecule has 0 aromatic carbocycles. The number of fused-ring (bicyclic) bond motifs is 1. The summed E-state index contributed by atoms with van der Waals surface area (Å²) in [5.41, 5.74) is 1.54. The first-order valence-corrected chi connectivity index (χ1v) is 8.02. The van der Waals surface area contributed by atoms with E-state index in [0.29, 0.717) is 21.6 Å². The number of hydrogen-bond acceptors (Lipinski definition) is 5. The van der Waals surface area contributed by atoms with Gasteiger partial charge in [0, 0.05) is 12.4 Å². The molecule has 0 unspecified atom stereocenters. The van der Waals surface area contributed by atoms with Crippen molar-refractivity contribution in [2.24, 2.45) is 0 Å². The van der Waals surface area contributed by atoms with Gasteiger partial charge in [0.25, 0.3) is 0 Å². The second-order valence-electron chi connectivity index (χ2n) is 4.17. The zero-order valence-corrected chi connectivity index (χ0v) is 13.2. The molecule has 2 aromatic heterocycles. The minimum atomic E-state index is 0.218. The Morgan fingerprint density at radius 2 is 1.85 bits per heavy atom. The van der Waals surface area contributed by atoms with Gasteiger partial charge in [-0.15, -0.1) is 11.8 Å². The number of aryl methyl sites for hydroxylation is 1. The van der Waals surface area contributed by atoms with E-state index in [0.717, 1.165) is 29.2 Å². The molecule has 20 heavy (non-hydrogen) atoms. The van der Waals surface area contributed by atoms with Crippen LogP contribution in [0.25, 0.3) is 0 Å². The highest BCUT2D eigenvalue weighted by Crippen LogP contribution is 2.38. The van der Waals surface area contributed by atoms with E-state index in [-0.39, 0.29) is 5.28 Å². The van der Waals surface area contributed by atoms with Crippen LogP contribution in [-0.2, 0) is 6.42 Å². The number of anilines is 2. The lowest BCUT2D eigenvalue weighted by Crippen LogP contribution is -2.08. The summed E-state index contributed by atoms with van der Waals surface area (Å²) in [6, 6.07) is 0. The summed E-state index contributed by atoms with van der Waals surface area (Å²) in [5, 5.41) is 4.23. The third-order valence-electron chi connectivity index (χ3n) is 2.81. The van der Waals surface area contributed by atoms with Crippen LogP contribution in [0, 0.1) is 0 Å². The van der Waals surface area contributed by atoms with E-state index in [1.807, 2.05) is 0 Å². The Labute approximate surface area is 135 Å². The fourth-order valence-electron chi connectivity index (χ4n) is 1.94. The van der Waals surface area contributed by atoms with Crippen LogP contribution in [0.3, 0.4) is 0 Å². The lowest BCUT2D eigenvalue weighted by molar-refractivity contribution is 0.831. The minimum Gasteiger partial charge on any atom is -0.337 e. The number of pyridine rings is 1. The van der Waals surface area contributed by atoms with Crippen LogP contribution in [0.4, 0.5) is 11.5 Å². The summed E-state index contributed by atoms with van der Waals surface area (Å²) in [4.78, 5) is 13.5. The highest BCUT2D eigenvalue weighted by molar-refractivity contribution is 7.99. The van der Waals surface area contributed by atoms with E-state index < -0.39 is 0 Å². The van der Waals surface area contributed by atoms with Crippen LogP contribution >= 0.6 is 46.6 Å². The zero-order chi connectivity index (χ0) is 14.1. The molecular weight excluding hydrogens is 339 g/mol. The summed E-state index contributed by atoms with van der Waals surface area (Å²) >= 11 is 19.9. The van der Waals surface area contributed by atoms with E-state index >= 15 is 0 Å². The highest BCUT2D eigenvalue weighted by atomic mass is 35.5. The molecule has 0 saturated carbocycles. The second kappa shape index (κ2) is 5.93. The maximum absolute atomic E-state index is 6.11. The van der Waals surface area contributed by atoms with Gasteiger partial charge in [-0.1, -0.05) is 23.2 Å². The van der Waals surface area contributed by atoms with Crippen molar-refractivity contribution in [3.8, 4) is 0 Å². The molecule has 0 fully saturated rings. The number of hydrogen-bond donors (Lipinski definition) is 1. The second-order valence-corrected chi connectivity index (χ2v) is 6.43. The average Bonchev–Trinajstić information content (AvgIpc) is 2.42. The molecular formula is C12H9Cl3N4S. The smallest absolute Gasteiger partial charge is 0.224 e. The topological polar surface area (TPSA) is 50.7 Å². The standard InChI is InChI=1S/C12H9Cl3N4S/c13-6-4-16-5-7(14)9(6)18-11-10-8(2-1-3-20-10)17-12(15)19-11/h4-5H,1-3H2,(H,16,17,18,19). The number of rotatable bonds is 2. The number of aromatic nitrogens is 3.